The first kappa shape index (κ1) is 15.6. The van der Waals surface area contributed by atoms with Crippen LogP contribution in [0.4, 0.5) is 0 Å². The molecule has 1 heterocycles. The SMILES string of the molecule is CCC(N)C(c1cccs1)N(C)CCCCCO. The lowest BCUT2D eigenvalue weighted by molar-refractivity contribution is 0.205. The molecule has 18 heavy (non-hydrogen) atoms. The van der Waals surface area contributed by atoms with Gasteiger partial charge in [0.15, 0.2) is 0 Å². The van der Waals surface area contributed by atoms with Gasteiger partial charge in [-0.05, 0) is 50.7 Å². The first-order valence-corrected chi connectivity index (χ1v) is 7.68. The van der Waals surface area contributed by atoms with Gasteiger partial charge < -0.3 is 10.8 Å². The second-order valence-corrected chi connectivity index (χ2v) is 5.78. The van der Waals surface area contributed by atoms with Gasteiger partial charge in [0.2, 0.25) is 0 Å². The highest BCUT2D eigenvalue weighted by Gasteiger charge is 2.23. The van der Waals surface area contributed by atoms with Crippen molar-refractivity contribution >= 4 is 11.3 Å². The van der Waals surface area contributed by atoms with Crippen molar-refractivity contribution in [1.29, 1.82) is 0 Å². The van der Waals surface area contributed by atoms with Crippen LogP contribution in [-0.4, -0.2) is 36.2 Å². The van der Waals surface area contributed by atoms with E-state index in [1.54, 1.807) is 11.3 Å². The molecule has 0 saturated carbocycles. The van der Waals surface area contributed by atoms with E-state index in [0.717, 1.165) is 32.2 Å². The van der Waals surface area contributed by atoms with E-state index in [-0.39, 0.29) is 6.04 Å². The van der Waals surface area contributed by atoms with E-state index >= 15 is 0 Å². The summed E-state index contributed by atoms with van der Waals surface area (Å²) in [7, 11) is 2.15. The Bertz CT molecular complexity index is 303. The van der Waals surface area contributed by atoms with Gasteiger partial charge in [0.05, 0.1) is 6.04 Å². The Kier molecular flexibility index (Phi) is 7.51. The van der Waals surface area contributed by atoms with E-state index in [2.05, 4.69) is 36.4 Å². The van der Waals surface area contributed by atoms with Crippen LogP contribution in [0, 0.1) is 0 Å². The molecule has 1 rings (SSSR count). The van der Waals surface area contributed by atoms with Crippen LogP contribution >= 0.6 is 11.3 Å². The summed E-state index contributed by atoms with van der Waals surface area (Å²) in [5.41, 5.74) is 6.26. The van der Waals surface area contributed by atoms with Crippen molar-refractivity contribution in [2.24, 2.45) is 5.73 Å². The van der Waals surface area contributed by atoms with Crippen molar-refractivity contribution in [3.05, 3.63) is 22.4 Å². The summed E-state index contributed by atoms with van der Waals surface area (Å²) < 4.78 is 0. The zero-order valence-corrected chi connectivity index (χ0v) is 12.3. The predicted molar refractivity (Wildman–Crippen MR) is 78.9 cm³/mol. The summed E-state index contributed by atoms with van der Waals surface area (Å²) in [4.78, 5) is 3.71. The van der Waals surface area contributed by atoms with Crippen molar-refractivity contribution in [2.45, 2.75) is 44.7 Å². The fraction of sp³-hybridized carbons (Fsp3) is 0.714. The van der Waals surface area contributed by atoms with Gasteiger partial charge in [-0.3, -0.25) is 4.90 Å². The highest BCUT2D eigenvalue weighted by Crippen LogP contribution is 2.27. The second-order valence-electron chi connectivity index (χ2n) is 4.80. The van der Waals surface area contributed by atoms with Gasteiger partial charge in [0, 0.05) is 17.5 Å². The minimum absolute atomic E-state index is 0.187. The van der Waals surface area contributed by atoms with Crippen LogP contribution in [0.15, 0.2) is 17.5 Å². The largest absolute Gasteiger partial charge is 0.396 e. The minimum atomic E-state index is 0.187. The van der Waals surface area contributed by atoms with Crippen LogP contribution in [-0.2, 0) is 0 Å². The van der Waals surface area contributed by atoms with E-state index in [1.807, 2.05) is 0 Å². The van der Waals surface area contributed by atoms with E-state index in [9.17, 15) is 0 Å². The number of nitrogens with two attached hydrogens (primary N) is 1. The van der Waals surface area contributed by atoms with Gasteiger partial charge in [-0.15, -0.1) is 11.3 Å². The number of likely N-dealkylation sites (N-methyl/N-ethyl adjacent to an activating group) is 1. The van der Waals surface area contributed by atoms with Crippen LogP contribution in [0.25, 0.3) is 0 Å². The molecule has 0 aromatic carbocycles. The van der Waals surface area contributed by atoms with Crippen LogP contribution in [0.3, 0.4) is 0 Å². The Morgan fingerprint density at radius 2 is 2.17 bits per heavy atom. The van der Waals surface area contributed by atoms with Crippen molar-refractivity contribution in [3.63, 3.8) is 0 Å². The maximum Gasteiger partial charge on any atom is 0.0590 e. The first-order valence-electron chi connectivity index (χ1n) is 6.80. The number of rotatable bonds is 9. The zero-order valence-electron chi connectivity index (χ0n) is 11.5. The Balaban J connectivity index is 2.54. The third-order valence-corrected chi connectivity index (χ3v) is 4.30. The summed E-state index contributed by atoms with van der Waals surface area (Å²) in [6, 6.07) is 4.78. The summed E-state index contributed by atoms with van der Waals surface area (Å²) in [5.74, 6) is 0. The average Bonchev–Trinajstić information content (AvgIpc) is 2.88. The molecule has 0 radical (unpaired) electrons. The highest BCUT2D eigenvalue weighted by molar-refractivity contribution is 7.10. The third-order valence-electron chi connectivity index (χ3n) is 3.36. The standard InChI is InChI=1S/C14H26N2OS/c1-3-12(15)14(13-8-7-11-18-13)16(2)9-5-4-6-10-17/h7-8,11-12,14,17H,3-6,9-10,15H2,1-2H3. The number of hydrogen-bond acceptors (Lipinski definition) is 4. The van der Waals surface area contributed by atoms with Crippen LogP contribution < -0.4 is 5.73 Å². The lowest BCUT2D eigenvalue weighted by atomic mass is 10.0. The maximum absolute atomic E-state index is 8.79. The molecule has 1 aromatic heterocycles. The monoisotopic (exact) mass is 270 g/mol. The number of hydrogen-bond donors (Lipinski definition) is 2. The fourth-order valence-electron chi connectivity index (χ4n) is 2.23. The van der Waals surface area contributed by atoms with Gasteiger partial charge in [-0.1, -0.05) is 13.0 Å². The smallest absolute Gasteiger partial charge is 0.0590 e. The van der Waals surface area contributed by atoms with Crippen molar-refractivity contribution in [3.8, 4) is 0 Å². The molecule has 4 heteroatoms. The van der Waals surface area contributed by atoms with Gasteiger partial charge in [0.25, 0.3) is 0 Å². The number of nitrogens with zero attached hydrogens (tertiary/aromatic N) is 1. The van der Waals surface area contributed by atoms with Crippen LogP contribution in [0.1, 0.15) is 43.5 Å². The lowest BCUT2D eigenvalue weighted by Gasteiger charge is -2.31. The molecular weight excluding hydrogens is 244 g/mol. The van der Waals surface area contributed by atoms with E-state index in [0.29, 0.717) is 12.6 Å². The molecule has 104 valence electrons. The fourth-order valence-corrected chi connectivity index (χ4v) is 3.19. The summed E-state index contributed by atoms with van der Waals surface area (Å²) in [6.07, 6.45) is 4.09. The molecule has 0 saturated heterocycles. The number of aliphatic hydroxyl groups excluding tert-OH is 1. The minimum Gasteiger partial charge on any atom is -0.396 e. The van der Waals surface area contributed by atoms with Gasteiger partial charge >= 0.3 is 0 Å². The number of thiophene rings is 1. The van der Waals surface area contributed by atoms with E-state index in [1.165, 1.54) is 4.88 Å². The average molecular weight is 270 g/mol. The van der Waals surface area contributed by atoms with E-state index < -0.39 is 0 Å². The molecule has 0 aliphatic rings. The van der Waals surface area contributed by atoms with Crippen molar-refractivity contribution in [1.82, 2.24) is 4.90 Å². The Hall–Kier alpha value is -0.420. The first-order chi connectivity index (χ1) is 8.70. The zero-order chi connectivity index (χ0) is 13.4. The van der Waals surface area contributed by atoms with Crippen molar-refractivity contribution in [2.75, 3.05) is 20.2 Å². The van der Waals surface area contributed by atoms with Gasteiger partial charge in [-0.2, -0.15) is 0 Å². The quantitative estimate of drug-likeness (QED) is 0.678. The second kappa shape index (κ2) is 8.64. The van der Waals surface area contributed by atoms with Crippen LogP contribution in [0.2, 0.25) is 0 Å². The lowest BCUT2D eigenvalue weighted by Crippen LogP contribution is -2.38. The predicted octanol–water partition coefficient (Wildman–Crippen LogP) is 2.62. The summed E-state index contributed by atoms with van der Waals surface area (Å²) in [6.45, 7) is 3.48. The number of unbranched alkanes of at least 4 members (excludes halogenated alkanes) is 2. The molecule has 0 amide bonds. The van der Waals surface area contributed by atoms with Gasteiger partial charge in [0.1, 0.15) is 0 Å². The molecular formula is C14H26N2OS. The van der Waals surface area contributed by atoms with Crippen molar-refractivity contribution < 1.29 is 5.11 Å². The molecule has 1 aromatic rings. The summed E-state index contributed by atoms with van der Waals surface area (Å²) in [5, 5.41) is 10.9. The highest BCUT2D eigenvalue weighted by atomic mass is 32.1. The molecule has 0 aliphatic heterocycles. The normalized spacial score (nSPS) is 14.9. The number of aliphatic hydroxyl groups is 1. The Morgan fingerprint density at radius 1 is 1.39 bits per heavy atom. The molecule has 0 spiro atoms. The molecule has 2 atom stereocenters. The topological polar surface area (TPSA) is 49.5 Å². The van der Waals surface area contributed by atoms with Gasteiger partial charge in [-0.25, -0.2) is 0 Å². The third kappa shape index (κ3) is 4.69. The molecule has 0 aliphatic carbocycles. The van der Waals surface area contributed by atoms with E-state index in [4.69, 9.17) is 10.8 Å². The Morgan fingerprint density at radius 3 is 2.72 bits per heavy atom. The molecule has 0 bridgehead atoms. The Labute approximate surface area is 115 Å². The molecule has 3 N–H and O–H groups in total. The molecule has 2 unspecified atom stereocenters. The summed E-state index contributed by atoms with van der Waals surface area (Å²) >= 11 is 1.79. The maximum atomic E-state index is 8.79. The molecule has 3 nitrogen and oxygen atoms in total. The molecule has 0 fully saturated rings. The van der Waals surface area contributed by atoms with Crippen LogP contribution in [0.5, 0.6) is 0 Å².